The second kappa shape index (κ2) is 7.21. The molecule has 27 heavy (non-hydrogen) atoms. The highest BCUT2D eigenvalue weighted by Gasteiger charge is 2.09. The normalized spacial score (nSPS) is 10.6. The van der Waals surface area contributed by atoms with Crippen LogP contribution in [0, 0.1) is 6.92 Å². The minimum absolute atomic E-state index is 0.221. The van der Waals surface area contributed by atoms with E-state index in [9.17, 15) is 4.79 Å². The molecule has 0 aliphatic carbocycles. The van der Waals surface area contributed by atoms with Crippen LogP contribution in [0.5, 0.6) is 0 Å². The number of anilines is 1. The summed E-state index contributed by atoms with van der Waals surface area (Å²) in [6, 6.07) is 19.2. The molecule has 0 bridgehead atoms. The van der Waals surface area contributed by atoms with Gasteiger partial charge in [0.05, 0.1) is 0 Å². The fourth-order valence-electron chi connectivity index (χ4n) is 2.80. The summed E-state index contributed by atoms with van der Waals surface area (Å²) in [5.41, 5.74) is 2.74. The predicted octanol–water partition coefficient (Wildman–Crippen LogP) is 3.89. The minimum atomic E-state index is -0.221. The van der Waals surface area contributed by atoms with Gasteiger partial charge in [-0.25, -0.2) is 15.0 Å². The number of nitrogens with zero attached hydrogens (tertiary/aromatic N) is 4. The average molecular weight is 355 g/mol. The maximum Gasteiger partial charge on any atom is 0.256 e. The van der Waals surface area contributed by atoms with Gasteiger partial charge in [0, 0.05) is 24.0 Å². The van der Waals surface area contributed by atoms with Crippen LogP contribution in [0.4, 0.5) is 5.82 Å². The summed E-state index contributed by atoms with van der Waals surface area (Å²) in [6.45, 7) is 1.88. The maximum atomic E-state index is 12.5. The number of hydrogen-bond donors (Lipinski definition) is 1. The van der Waals surface area contributed by atoms with Gasteiger partial charge in [0.2, 0.25) is 0 Å². The first-order chi connectivity index (χ1) is 13.2. The molecule has 0 atom stereocenters. The summed E-state index contributed by atoms with van der Waals surface area (Å²) < 4.78 is 1.83. The molecule has 0 aliphatic rings. The van der Waals surface area contributed by atoms with E-state index in [2.05, 4.69) is 20.3 Å². The lowest BCUT2D eigenvalue weighted by atomic mass is 10.0. The van der Waals surface area contributed by atoms with Crippen molar-refractivity contribution in [1.82, 2.24) is 19.5 Å². The first-order valence-electron chi connectivity index (χ1n) is 8.50. The molecule has 6 nitrogen and oxygen atoms in total. The van der Waals surface area contributed by atoms with Crippen molar-refractivity contribution in [2.24, 2.45) is 0 Å². The van der Waals surface area contributed by atoms with Gasteiger partial charge in [0.1, 0.15) is 23.8 Å². The van der Waals surface area contributed by atoms with E-state index in [-0.39, 0.29) is 5.91 Å². The van der Waals surface area contributed by atoms with E-state index in [4.69, 9.17) is 0 Å². The van der Waals surface area contributed by atoms with E-state index in [0.717, 1.165) is 17.0 Å². The average Bonchev–Trinajstić information content (AvgIpc) is 3.15. The molecule has 4 aromatic rings. The Kier molecular flexibility index (Phi) is 4.45. The van der Waals surface area contributed by atoms with Gasteiger partial charge in [0.25, 0.3) is 5.91 Å². The highest BCUT2D eigenvalue weighted by Crippen LogP contribution is 2.20. The topological polar surface area (TPSA) is 72.7 Å². The van der Waals surface area contributed by atoms with E-state index in [1.807, 2.05) is 60.2 Å². The zero-order valence-electron chi connectivity index (χ0n) is 14.7. The first-order valence-corrected chi connectivity index (χ1v) is 8.50. The molecular weight excluding hydrogens is 338 g/mol. The standard InChI is InChI=1S/C21H17N5O/c1-15-22-11-12-26(15)20-13-19(23-14-24-20)25-21(27)18-9-7-17(8-10-18)16-5-3-2-4-6-16/h2-14H,1H3,(H,23,24,25,27). The number of rotatable bonds is 4. The molecule has 2 aromatic carbocycles. The zero-order valence-corrected chi connectivity index (χ0v) is 14.7. The Bertz CT molecular complexity index is 1070. The lowest BCUT2D eigenvalue weighted by Crippen LogP contribution is -2.13. The van der Waals surface area contributed by atoms with Gasteiger partial charge in [-0.05, 0) is 30.2 Å². The first kappa shape index (κ1) is 16.7. The number of amides is 1. The Morgan fingerprint density at radius 1 is 0.926 bits per heavy atom. The number of aromatic nitrogens is 4. The fraction of sp³-hybridized carbons (Fsp3) is 0.0476. The van der Waals surface area contributed by atoms with Gasteiger partial charge in [-0.3, -0.25) is 9.36 Å². The summed E-state index contributed by atoms with van der Waals surface area (Å²) in [6.07, 6.45) is 4.93. The molecule has 0 fully saturated rings. The Labute approximate surface area is 156 Å². The van der Waals surface area contributed by atoms with Gasteiger partial charge in [-0.15, -0.1) is 0 Å². The monoisotopic (exact) mass is 355 g/mol. The molecule has 4 rings (SSSR count). The van der Waals surface area contributed by atoms with E-state index < -0.39 is 0 Å². The molecule has 0 radical (unpaired) electrons. The molecule has 0 saturated carbocycles. The van der Waals surface area contributed by atoms with E-state index >= 15 is 0 Å². The van der Waals surface area contributed by atoms with Crippen LogP contribution in [0.3, 0.4) is 0 Å². The number of aryl methyl sites for hydroxylation is 1. The third-order valence-electron chi connectivity index (χ3n) is 4.22. The summed E-state index contributed by atoms with van der Waals surface area (Å²) in [4.78, 5) is 25.1. The van der Waals surface area contributed by atoms with Gasteiger partial charge >= 0.3 is 0 Å². The number of imidazole rings is 1. The van der Waals surface area contributed by atoms with Crippen LogP contribution in [0.15, 0.2) is 79.4 Å². The zero-order chi connectivity index (χ0) is 18.6. The van der Waals surface area contributed by atoms with Gasteiger partial charge in [-0.2, -0.15) is 0 Å². The smallest absolute Gasteiger partial charge is 0.256 e. The molecular formula is C21H17N5O. The van der Waals surface area contributed by atoms with Crippen LogP contribution in [0.1, 0.15) is 16.2 Å². The summed E-state index contributed by atoms with van der Waals surface area (Å²) in [7, 11) is 0. The molecule has 1 N–H and O–H groups in total. The Balaban J connectivity index is 1.52. The van der Waals surface area contributed by atoms with Crippen molar-refractivity contribution >= 4 is 11.7 Å². The number of carbonyl (C=O) groups excluding carboxylic acids is 1. The minimum Gasteiger partial charge on any atom is -0.306 e. The quantitative estimate of drug-likeness (QED) is 0.603. The Morgan fingerprint density at radius 3 is 2.37 bits per heavy atom. The number of hydrogen-bond acceptors (Lipinski definition) is 4. The molecule has 132 valence electrons. The number of nitrogens with one attached hydrogen (secondary N) is 1. The third-order valence-corrected chi connectivity index (χ3v) is 4.22. The van der Waals surface area contributed by atoms with Crippen molar-refractivity contribution in [2.75, 3.05) is 5.32 Å². The summed E-state index contributed by atoms with van der Waals surface area (Å²) in [5, 5.41) is 2.82. The van der Waals surface area contributed by atoms with Crippen molar-refractivity contribution in [3.8, 4) is 16.9 Å². The lowest BCUT2D eigenvalue weighted by Gasteiger charge is -2.08. The molecule has 0 unspecified atom stereocenters. The maximum absolute atomic E-state index is 12.5. The fourth-order valence-corrected chi connectivity index (χ4v) is 2.80. The van der Waals surface area contributed by atoms with E-state index in [0.29, 0.717) is 17.2 Å². The molecule has 0 saturated heterocycles. The molecule has 1 amide bonds. The SMILES string of the molecule is Cc1nccn1-c1cc(NC(=O)c2ccc(-c3ccccc3)cc2)ncn1. The second-order valence-electron chi connectivity index (χ2n) is 6.00. The van der Waals surface area contributed by atoms with Crippen molar-refractivity contribution in [2.45, 2.75) is 6.92 Å². The van der Waals surface area contributed by atoms with Crippen molar-refractivity contribution in [1.29, 1.82) is 0 Å². The number of carbonyl (C=O) groups is 1. The lowest BCUT2D eigenvalue weighted by molar-refractivity contribution is 0.102. The molecule has 6 heteroatoms. The second-order valence-corrected chi connectivity index (χ2v) is 6.00. The third kappa shape index (κ3) is 3.59. The van der Waals surface area contributed by atoms with Crippen LogP contribution in [-0.2, 0) is 0 Å². The van der Waals surface area contributed by atoms with Crippen LogP contribution in [-0.4, -0.2) is 25.4 Å². The van der Waals surface area contributed by atoms with E-state index in [1.54, 1.807) is 24.4 Å². The number of benzene rings is 2. The van der Waals surface area contributed by atoms with Crippen LogP contribution in [0.25, 0.3) is 16.9 Å². The highest BCUT2D eigenvalue weighted by atomic mass is 16.1. The Hall–Kier alpha value is -3.80. The highest BCUT2D eigenvalue weighted by molar-refractivity contribution is 6.04. The van der Waals surface area contributed by atoms with Crippen LogP contribution >= 0.6 is 0 Å². The Morgan fingerprint density at radius 2 is 1.67 bits per heavy atom. The van der Waals surface area contributed by atoms with Crippen LogP contribution in [0.2, 0.25) is 0 Å². The molecule has 0 spiro atoms. The summed E-state index contributed by atoms with van der Waals surface area (Å²) >= 11 is 0. The van der Waals surface area contributed by atoms with Crippen molar-refractivity contribution in [3.05, 3.63) is 90.8 Å². The van der Waals surface area contributed by atoms with Gasteiger partial charge in [0.15, 0.2) is 0 Å². The predicted molar refractivity (Wildman–Crippen MR) is 104 cm³/mol. The van der Waals surface area contributed by atoms with Gasteiger partial charge < -0.3 is 5.32 Å². The summed E-state index contributed by atoms with van der Waals surface area (Å²) in [5.74, 6) is 1.67. The van der Waals surface area contributed by atoms with E-state index in [1.165, 1.54) is 6.33 Å². The van der Waals surface area contributed by atoms with Gasteiger partial charge in [-0.1, -0.05) is 42.5 Å². The molecule has 2 heterocycles. The molecule has 2 aromatic heterocycles. The van der Waals surface area contributed by atoms with Crippen molar-refractivity contribution < 1.29 is 4.79 Å². The van der Waals surface area contributed by atoms with Crippen molar-refractivity contribution in [3.63, 3.8) is 0 Å². The molecule has 0 aliphatic heterocycles. The largest absolute Gasteiger partial charge is 0.306 e. The van der Waals surface area contributed by atoms with Crippen LogP contribution < -0.4 is 5.32 Å².